The molecule has 1 fully saturated rings. The Morgan fingerprint density at radius 3 is 0.759 bits per heavy atom. The second-order valence-electron chi connectivity index (χ2n) is 39.7. The Labute approximate surface area is 658 Å². The molecule has 0 heterocycles. The second kappa shape index (κ2) is 17.7. The van der Waals surface area contributed by atoms with Crippen molar-refractivity contribution >= 4 is 309 Å². The van der Waals surface area contributed by atoms with Crippen LogP contribution in [0.2, 0.25) is 0 Å². The van der Waals surface area contributed by atoms with E-state index in [4.69, 9.17) is 23.7 Å². The summed E-state index contributed by atoms with van der Waals surface area (Å²) in [5.74, 6) is 0.402. The Kier molecular flexibility index (Phi) is 9.06. The number of alkyl carbamates (subject to hydrolysis) is 1. The summed E-state index contributed by atoms with van der Waals surface area (Å²) < 4.78 is 34.4. The molecule has 9 nitrogen and oxygen atoms in total. The highest BCUT2D eigenvalue weighted by Crippen LogP contribution is 2.97. The van der Waals surface area contributed by atoms with Gasteiger partial charge in [0.05, 0.1) is 24.0 Å². The van der Waals surface area contributed by atoms with E-state index in [0.29, 0.717) is 24.7 Å². The molecule has 5 aliphatic rings. The van der Waals surface area contributed by atoms with Gasteiger partial charge in [0, 0.05) is 12.6 Å². The summed E-state index contributed by atoms with van der Waals surface area (Å²) in [7, 11) is 0. The van der Waals surface area contributed by atoms with Crippen LogP contribution in [0.15, 0.2) is 42.5 Å². The highest BCUT2D eigenvalue weighted by Gasteiger charge is 3.01. The van der Waals surface area contributed by atoms with Crippen LogP contribution in [-0.4, -0.2) is 36.8 Å². The zero-order valence-electron chi connectivity index (χ0n) is 65.5. The predicted octanol–water partition coefficient (Wildman–Crippen LogP) is 28.4. The molecule has 0 aliphatic heterocycles. The fourth-order valence-corrected chi connectivity index (χ4v) is 31.5. The maximum atomic E-state index is 18.6. The third kappa shape index (κ3) is 5.07. The lowest BCUT2D eigenvalue weighted by atomic mass is 9.68. The van der Waals surface area contributed by atoms with Crippen LogP contribution in [0.5, 0.6) is 11.5 Å². The summed E-state index contributed by atoms with van der Waals surface area (Å²) in [4.78, 5) is 50.1. The largest absolute Gasteiger partial charge is 0.493 e. The van der Waals surface area contributed by atoms with Gasteiger partial charge in [-0.05, 0) is 376 Å². The maximum Gasteiger partial charge on any atom is 0.407 e. The molecule has 5 aliphatic carbocycles. The summed E-state index contributed by atoms with van der Waals surface area (Å²) in [5, 5.41) is 80.6. The van der Waals surface area contributed by atoms with Crippen molar-refractivity contribution in [3.8, 4) is 11.5 Å². The van der Waals surface area contributed by atoms with E-state index in [1.54, 1.807) is 10.8 Å². The van der Waals surface area contributed by atoms with E-state index in [9.17, 15) is 4.79 Å². The normalized spacial score (nSPS) is 19.3. The molecule has 30 aromatic carbocycles. The van der Waals surface area contributed by atoms with Crippen molar-refractivity contribution in [2.24, 2.45) is 5.41 Å². The van der Waals surface area contributed by atoms with Crippen LogP contribution in [0, 0.1) is 5.41 Å². The second-order valence-corrected chi connectivity index (χ2v) is 39.7. The van der Waals surface area contributed by atoms with E-state index in [1.807, 2.05) is 45.0 Å². The van der Waals surface area contributed by atoms with Gasteiger partial charge in [-0.25, -0.2) is 4.79 Å². The average Bonchev–Trinajstić information content (AvgIpc) is 1.35. The van der Waals surface area contributed by atoms with Crippen molar-refractivity contribution in [3.63, 3.8) is 0 Å². The summed E-state index contributed by atoms with van der Waals surface area (Å²) >= 11 is 0. The molecule has 0 atom stereocenters. The smallest absolute Gasteiger partial charge is 0.407 e. The summed E-state index contributed by atoms with van der Waals surface area (Å²) in [5.41, 5.74) is 2.06. The van der Waals surface area contributed by atoms with Crippen molar-refractivity contribution in [2.75, 3.05) is 13.2 Å². The third-order valence-electron chi connectivity index (χ3n) is 34.1. The van der Waals surface area contributed by atoms with E-state index in [1.165, 1.54) is 405 Å². The van der Waals surface area contributed by atoms with Gasteiger partial charge in [-0.2, -0.15) is 0 Å². The van der Waals surface area contributed by atoms with Crippen LogP contribution in [0.25, 0.3) is 291 Å². The number of esters is 2. The summed E-state index contributed by atoms with van der Waals surface area (Å²) in [6.07, 6.45) is 24.3. The van der Waals surface area contributed by atoms with Crippen molar-refractivity contribution < 1.29 is 38.1 Å². The first-order valence-electron chi connectivity index (χ1n) is 44.6. The van der Waals surface area contributed by atoms with Gasteiger partial charge < -0.3 is 29.0 Å². The van der Waals surface area contributed by atoms with Gasteiger partial charge in [0.2, 0.25) is 0 Å². The molecule has 30 aromatic rings. The van der Waals surface area contributed by atoms with E-state index < -0.39 is 39.9 Å². The molecule has 116 heavy (non-hydrogen) atoms. The molecule has 554 valence electrons. The number of benzene rings is 20. The molecule has 0 unspecified atom stereocenters. The van der Waals surface area contributed by atoms with Gasteiger partial charge in [0.15, 0.2) is 5.41 Å². The Balaban J connectivity index is 0.629. The highest BCUT2D eigenvalue weighted by atomic mass is 16.6. The van der Waals surface area contributed by atoms with Crippen molar-refractivity contribution in [3.05, 3.63) is 81.4 Å². The van der Waals surface area contributed by atoms with E-state index in [0.717, 1.165) is 42.4 Å². The number of ether oxygens (including phenoxy) is 5. The lowest BCUT2D eigenvalue weighted by Crippen LogP contribution is -2.38. The Bertz CT molecular complexity index is 8430. The van der Waals surface area contributed by atoms with Crippen LogP contribution in [-0.2, 0) is 54.4 Å². The zero-order valence-corrected chi connectivity index (χ0v) is 65.5. The molecule has 9 heteroatoms. The SMILES string of the molecule is CCCCCCCCCCCCOc1cc(COC(=O)C2(C(=O)OCc3ccc(CNC(=O)OC(C)(C)C)cc3)C34c5c6c7c8c9c%10c(c%11c%12c3c3c5c5c%13c6c6c7c7c9c9c%14c%10c%10c%11c%11c%12c%12c3c3c5c5c%13c%13c6c6c7c9c7c9c%14c%10c%10c%11c%11c%12c3c3c5c5c%13c6c7c6c9c%10c%11c3c56)C824)cc(OCCCCCCCCCCCC)c1. The van der Waals surface area contributed by atoms with Crippen molar-refractivity contribution in [2.45, 2.75) is 199 Å². The van der Waals surface area contributed by atoms with Gasteiger partial charge in [0.25, 0.3) is 0 Å². The van der Waals surface area contributed by atoms with Gasteiger partial charge in [-0.3, -0.25) is 9.59 Å². The first kappa shape index (κ1) is 59.4. The lowest BCUT2D eigenvalue weighted by Gasteiger charge is -2.32. The Morgan fingerprint density at radius 2 is 0.509 bits per heavy atom. The molecule has 1 saturated carbocycles. The number of hydrogen-bond acceptors (Lipinski definition) is 8. The number of amides is 1. The fourth-order valence-electron chi connectivity index (χ4n) is 31.5. The standard InChI is InChI=1S/C107H73NO8/c1-6-8-10-12-14-16-18-20-22-24-30-112-41-32-40(33-42(34-41)113-31-25-23-21-19-17-15-13-11-9-7-2)37-115-102(110)107(101(109)114-36-39-28-26-38(27-29-39)35-108-103(111)116-104(3,4)5)105-97-89-81-71-61-53-45-43-44-47-51-49(45)57-65-59(51)69-63-55(47)56-48(44)52-50-46(43)54(53)62-68-58(50)66-60(52)70-64(56)74-73(63)83-77(69)87-79(65)85(75(81)67(57)61)93(97)95(87)99-91(83)92-84(74)78(70)88-80(66)86-76(68)82(72(62)71)90(89)98(105)94(86)96(88)100(92)106(99,105)107/h26-29,32-34H,6-25,30-31,35-37H2,1-5H3,(H,108,111). The summed E-state index contributed by atoms with van der Waals surface area (Å²) in [6.45, 7) is 11.4. The van der Waals surface area contributed by atoms with Crippen LogP contribution in [0.1, 0.15) is 202 Å². The van der Waals surface area contributed by atoms with Crippen LogP contribution < -0.4 is 14.8 Å². The summed E-state index contributed by atoms with van der Waals surface area (Å²) in [6, 6.07) is 14.2. The topological polar surface area (TPSA) is 109 Å². The first-order valence-corrected chi connectivity index (χ1v) is 44.6. The number of hydrogen-bond donors (Lipinski definition) is 1. The number of carbonyl (C=O) groups excluding carboxylic acids is 3. The number of carbonyl (C=O) groups is 3. The van der Waals surface area contributed by atoms with Gasteiger partial charge in [-0.15, -0.1) is 0 Å². The van der Waals surface area contributed by atoms with E-state index >= 15 is 9.59 Å². The maximum absolute atomic E-state index is 18.6. The quantitative estimate of drug-likeness (QED) is 0.0146. The molecule has 2 spiro atoms. The van der Waals surface area contributed by atoms with E-state index in [-0.39, 0.29) is 19.8 Å². The number of rotatable bonds is 32. The minimum absolute atomic E-state index is 0.0725. The van der Waals surface area contributed by atoms with Crippen molar-refractivity contribution in [1.29, 1.82) is 0 Å². The average molecular weight is 1500 g/mol. The molecule has 1 amide bonds. The van der Waals surface area contributed by atoms with E-state index in [2.05, 4.69) is 37.4 Å². The molecule has 0 radical (unpaired) electrons. The minimum Gasteiger partial charge on any atom is -0.493 e. The predicted molar refractivity (Wildman–Crippen MR) is 477 cm³/mol. The molecular weight excluding hydrogens is 1430 g/mol. The number of unbranched alkanes of at least 4 members (excludes halogenated alkanes) is 18. The highest BCUT2D eigenvalue weighted by molar-refractivity contribution is 6.82. The molecular formula is C107H73NO8. The van der Waals surface area contributed by atoms with Crippen LogP contribution in [0.4, 0.5) is 4.79 Å². The van der Waals surface area contributed by atoms with Gasteiger partial charge >= 0.3 is 18.0 Å². The molecule has 0 bridgehead atoms. The Hall–Kier alpha value is -11.3. The molecule has 0 aromatic heterocycles. The van der Waals surface area contributed by atoms with Crippen molar-refractivity contribution in [1.82, 2.24) is 5.32 Å². The molecule has 0 saturated heterocycles. The Morgan fingerprint density at radius 1 is 0.284 bits per heavy atom. The first-order chi connectivity index (χ1) is 57.1. The minimum atomic E-state index is -1.97. The third-order valence-corrected chi connectivity index (χ3v) is 34.1. The van der Waals surface area contributed by atoms with Crippen LogP contribution >= 0.6 is 0 Å². The molecule has 35 rings (SSSR count). The van der Waals surface area contributed by atoms with Crippen LogP contribution in [0.3, 0.4) is 0 Å². The van der Waals surface area contributed by atoms with Gasteiger partial charge in [-0.1, -0.05) is 154 Å². The monoisotopic (exact) mass is 1500 g/mol. The van der Waals surface area contributed by atoms with Gasteiger partial charge in [0.1, 0.15) is 30.3 Å². The number of nitrogens with one attached hydrogen (secondary N) is 1. The zero-order chi connectivity index (χ0) is 75.0. The fraction of sp³-hybridized carbons (Fsp3) is 0.318. The lowest BCUT2D eigenvalue weighted by molar-refractivity contribution is -0.168. The molecule has 1 N–H and O–H groups in total.